The average molecular weight is 526 g/mol. The first-order valence-corrected chi connectivity index (χ1v) is 13.1. The first-order valence-electron chi connectivity index (χ1n) is 13.1. The van der Waals surface area contributed by atoms with Gasteiger partial charge in [-0.25, -0.2) is 11.1 Å². The van der Waals surface area contributed by atoms with Crippen molar-refractivity contribution in [3.8, 4) is 0 Å². The number of allylic oxidation sites excluding steroid dienone is 4. The maximum atomic E-state index is 10.4. The smallest absolute Gasteiger partial charge is 0.306 e. The molecule has 6 nitrogen and oxygen atoms in total. The summed E-state index contributed by atoms with van der Waals surface area (Å²) in [4.78, 5) is 31.1. The van der Waals surface area contributed by atoms with Crippen LogP contribution in [0.3, 0.4) is 0 Å². The molecule has 0 spiro atoms. The Balaban J connectivity index is 0.000000438. The first-order chi connectivity index (χ1) is 16.2. The fourth-order valence-corrected chi connectivity index (χ4v) is 4.70. The molecule has 7 heteroatoms. The fraction of sp³-hybridized carbons (Fsp3) is 0.750. The van der Waals surface area contributed by atoms with Crippen molar-refractivity contribution >= 4 is 17.9 Å². The van der Waals surface area contributed by atoms with Crippen molar-refractivity contribution < 1.29 is 51.4 Å². The fourth-order valence-electron chi connectivity index (χ4n) is 4.70. The van der Waals surface area contributed by atoms with Crippen molar-refractivity contribution in [2.75, 3.05) is 0 Å². The molecular weight excluding hydrogens is 480 g/mol. The summed E-state index contributed by atoms with van der Waals surface area (Å²) in [5.74, 6) is -1.89. The third kappa shape index (κ3) is 15.3. The van der Waals surface area contributed by atoms with E-state index in [-0.39, 0.29) is 39.5 Å². The Morgan fingerprint density at radius 1 is 0.629 bits per heavy atom. The number of carboxylic acids is 3. The predicted octanol–water partition coefficient (Wildman–Crippen LogP) is 7.04. The minimum atomic E-state index is -0.602. The van der Waals surface area contributed by atoms with E-state index in [0.717, 1.165) is 83.5 Å². The van der Waals surface area contributed by atoms with Gasteiger partial charge in [0.1, 0.15) is 0 Å². The van der Waals surface area contributed by atoms with Crippen molar-refractivity contribution in [1.29, 1.82) is 0 Å². The summed E-state index contributed by atoms with van der Waals surface area (Å²) in [5, 5.41) is 25.6. The van der Waals surface area contributed by atoms with Crippen LogP contribution in [-0.2, 0) is 36.1 Å². The SMILES string of the molecule is CC1=[C-]CC=C1C.O=C(O)C1CCCCC1.O=C(O)C1CCCCC1.O=C(O)C1CCCCC1.[Ti]. The van der Waals surface area contributed by atoms with Crippen LogP contribution in [0.2, 0.25) is 0 Å². The second-order valence-corrected chi connectivity index (χ2v) is 9.91. The molecule has 0 saturated heterocycles. The molecule has 0 amide bonds. The molecule has 0 atom stereocenters. The largest absolute Gasteiger partial charge is 0.481 e. The first kappa shape index (κ1) is 33.6. The third-order valence-corrected chi connectivity index (χ3v) is 7.23. The quantitative estimate of drug-likeness (QED) is 0.269. The Morgan fingerprint density at radius 3 is 1.03 bits per heavy atom. The summed E-state index contributed by atoms with van der Waals surface area (Å²) in [6.45, 7) is 4.22. The summed E-state index contributed by atoms with van der Waals surface area (Å²) in [6, 6.07) is 0. The summed E-state index contributed by atoms with van der Waals surface area (Å²) in [6.07, 6.45) is 22.1. The molecule has 0 aromatic rings. The molecule has 0 heterocycles. The van der Waals surface area contributed by atoms with Gasteiger partial charge in [-0.05, 0) is 38.5 Å². The zero-order chi connectivity index (χ0) is 25.3. The Morgan fingerprint density at radius 2 is 0.914 bits per heavy atom. The van der Waals surface area contributed by atoms with E-state index in [1.807, 2.05) is 0 Å². The molecule has 0 aromatic carbocycles. The molecule has 3 fully saturated rings. The Bertz CT molecular complexity index is 599. The van der Waals surface area contributed by atoms with Crippen LogP contribution in [0, 0.1) is 23.8 Å². The number of hydrogen-bond donors (Lipinski definition) is 3. The zero-order valence-electron chi connectivity index (χ0n) is 21.7. The van der Waals surface area contributed by atoms with E-state index < -0.39 is 17.9 Å². The van der Waals surface area contributed by atoms with Crippen LogP contribution in [0.15, 0.2) is 17.2 Å². The van der Waals surface area contributed by atoms with Crippen LogP contribution in [-0.4, -0.2) is 33.2 Å². The van der Waals surface area contributed by atoms with Crippen LogP contribution in [0.25, 0.3) is 0 Å². The Hall–Kier alpha value is -1.40. The van der Waals surface area contributed by atoms with Gasteiger partial charge >= 0.3 is 17.9 Å². The topological polar surface area (TPSA) is 112 Å². The molecule has 0 unspecified atom stereocenters. The van der Waals surface area contributed by atoms with Crippen LogP contribution < -0.4 is 0 Å². The molecule has 0 radical (unpaired) electrons. The molecule has 3 N–H and O–H groups in total. The molecule has 35 heavy (non-hydrogen) atoms. The summed E-state index contributed by atoms with van der Waals surface area (Å²) < 4.78 is 0. The standard InChI is InChI=1S/3C7H12O2.C7H9.Ti/c3*8-7(9)6-4-2-1-3-5-6;1-6-4-3-5-7(6)2;/h3*6H,1-5H2,(H,8,9);4H,3H2,1-2H3;/q;;;-1;. The third-order valence-electron chi connectivity index (χ3n) is 7.23. The van der Waals surface area contributed by atoms with E-state index in [2.05, 4.69) is 26.0 Å². The molecule has 0 aliphatic heterocycles. The number of aliphatic carboxylic acids is 3. The second-order valence-electron chi connectivity index (χ2n) is 9.91. The molecular formula is C28H45O6Ti-. The normalized spacial score (nSPS) is 20.6. The van der Waals surface area contributed by atoms with E-state index in [1.165, 1.54) is 30.4 Å². The Labute approximate surface area is 226 Å². The molecule has 4 rings (SSSR count). The summed E-state index contributed by atoms with van der Waals surface area (Å²) in [7, 11) is 0. The van der Waals surface area contributed by atoms with Gasteiger partial charge in [-0.15, -0.1) is 13.3 Å². The van der Waals surface area contributed by atoms with Gasteiger partial charge in [0, 0.05) is 21.7 Å². The average Bonchev–Trinajstić information content (AvgIpc) is 3.24. The van der Waals surface area contributed by atoms with E-state index in [4.69, 9.17) is 15.3 Å². The molecule has 3 saturated carbocycles. The van der Waals surface area contributed by atoms with Gasteiger partial charge in [0.25, 0.3) is 0 Å². The van der Waals surface area contributed by atoms with Crippen LogP contribution in [0.1, 0.15) is 117 Å². The van der Waals surface area contributed by atoms with Gasteiger partial charge in [0.05, 0.1) is 17.8 Å². The summed E-state index contributed by atoms with van der Waals surface area (Å²) in [5.41, 5.74) is 2.71. The minimum Gasteiger partial charge on any atom is -0.481 e. The van der Waals surface area contributed by atoms with Gasteiger partial charge in [-0.3, -0.25) is 20.5 Å². The van der Waals surface area contributed by atoms with Gasteiger partial charge in [-0.1, -0.05) is 64.7 Å². The van der Waals surface area contributed by atoms with Crippen molar-refractivity contribution in [1.82, 2.24) is 0 Å². The minimum absolute atomic E-state index is 0. The van der Waals surface area contributed by atoms with Gasteiger partial charge in [0.15, 0.2) is 0 Å². The van der Waals surface area contributed by atoms with Crippen LogP contribution in [0.4, 0.5) is 0 Å². The zero-order valence-corrected chi connectivity index (χ0v) is 23.3. The number of hydrogen-bond acceptors (Lipinski definition) is 3. The van der Waals surface area contributed by atoms with Crippen LogP contribution in [0.5, 0.6) is 0 Å². The van der Waals surface area contributed by atoms with Crippen molar-refractivity contribution in [3.05, 3.63) is 23.3 Å². The van der Waals surface area contributed by atoms with Gasteiger partial charge in [0.2, 0.25) is 0 Å². The predicted molar refractivity (Wildman–Crippen MR) is 133 cm³/mol. The van der Waals surface area contributed by atoms with E-state index in [1.54, 1.807) is 0 Å². The monoisotopic (exact) mass is 525 g/mol. The molecule has 4 aliphatic carbocycles. The maximum absolute atomic E-state index is 10.4. The molecule has 0 aromatic heterocycles. The number of carbonyl (C=O) groups is 3. The molecule has 0 bridgehead atoms. The van der Waals surface area contributed by atoms with Crippen molar-refractivity contribution in [2.24, 2.45) is 17.8 Å². The number of rotatable bonds is 3. The second kappa shape index (κ2) is 19.8. The van der Waals surface area contributed by atoms with Gasteiger partial charge in [-0.2, -0.15) is 6.08 Å². The van der Waals surface area contributed by atoms with E-state index >= 15 is 0 Å². The van der Waals surface area contributed by atoms with E-state index in [0.29, 0.717) is 0 Å². The number of carboxylic acid groups (broad SMARTS) is 3. The van der Waals surface area contributed by atoms with E-state index in [9.17, 15) is 14.4 Å². The maximum Gasteiger partial charge on any atom is 0.306 e. The molecule has 4 aliphatic rings. The van der Waals surface area contributed by atoms with Crippen molar-refractivity contribution in [3.63, 3.8) is 0 Å². The summed E-state index contributed by atoms with van der Waals surface area (Å²) >= 11 is 0. The molecule has 198 valence electrons. The van der Waals surface area contributed by atoms with Crippen molar-refractivity contribution in [2.45, 2.75) is 117 Å². The Kier molecular flexibility index (Phi) is 19.0. The van der Waals surface area contributed by atoms with Gasteiger partial charge < -0.3 is 15.3 Å². The van der Waals surface area contributed by atoms with Crippen LogP contribution >= 0.6 is 0 Å².